The average Bonchev–Trinajstić information content (AvgIpc) is 2.71. The molecular formula is C18H28N4O7S. The zero-order chi connectivity index (χ0) is 22.3. The number of anilines is 1. The number of non-ortho nitro benzene ring substituents is 1. The summed E-state index contributed by atoms with van der Waals surface area (Å²) in [6.45, 7) is 5.46. The number of methoxy groups -OCH3 is 1. The van der Waals surface area contributed by atoms with Gasteiger partial charge in [-0.25, -0.2) is 8.42 Å². The van der Waals surface area contributed by atoms with Crippen molar-refractivity contribution >= 4 is 27.3 Å². The summed E-state index contributed by atoms with van der Waals surface area (Å²) < 4.78 is 36.6. The molecule has 1 aromatic rings. The second-order valence-electron chi connectivity index (χ2n) is 6.84. The summed E-state index contributed by atoms with van der Waals surface area (Å²) in [4.78, 5) is 25.6. The van der Waals surface area contributed by atoms with E-state index in [1.807, 2.05) is 0 Å². The van der Waals surface area contributed by atoms with Crippen LogP contribution in [0.25, 0.3) is 0 Å². The van der Waals surface area contributed by atoms with E-state index in [0.29, 0.717) is 26.3 Å². The molecule has 1 aliphatic rings. The molecule has 0 saturated carbocycles. The quantitative estimate of drug-likeness (QED) is 0.410. The number of nitrogens with one attached hydrogen (secondary N) is 1. The largest absolute Gasteiger partial charge is 0.495 e. The minimum absolute atomic E-state index is 0.0515. The number of carbonyl (C=O) groups excluding carboxylic acids is 1. The Labute approximate surface area is 176 Å². The van der Waals surface area contributed by atoms with Gasteiger partial charge in [0.2, 0.25) is 15.9 Å². The molecule has 0 aromatic heterocycles. The van der Waals surface area contributed by atoms with Crippen molar-refractivity contribution in [3.8, 4) is 5.75 Å². The molecule has 0 aliphatic carbocycles. The molecule has 1 saturated heterocycles. The van der Waals surface area contributed by atoms with Crippen LogP contribution < -0.4 is 14.4 Å². The Balaban J connectivity index is 2.27. The van der Waals surface area contributed by atoms with Crippen molar-refractivity contribution < 1.29 is 27.6 Å². The number of nitrogens with zero attached hydrogens (tertiary/aromatic N) is 3. The molecule has 1 fully saturated rings. The third-order valence-electron chi connectivity index (χ3n) is 4.77. The molecule has 2 rings (SSSR count). The molecule has 11 nitrogen and oxygen atoms in total. The number of sulfonamides is 1. The van der Waals surface area contributed by atoms with E-state index in [0.717, 1.165) is 29.7 Å². The molecule has 0 spiro atoms. The first kappa shape index (κ1) is 23.8. The Bertz CT molecular complexity index is 856. The molecule has 1 aliphatic heterocycles. The summed E-state index contributed by atoms with van der Waals surface area (Å²) in [5, 5.41) is 14.0. The molecule has 1 N–H and O–H groups in total. The number of hydrogen-bond donors (Lipinski definition) is 1. The van der Waals surface area contributed by atoms with Crippen molar-refractivity contribution in [3.05, 3.63) is 28.3 Å². The number of hydrogen-bond acceptors (Lipinski definition) is 8. The predicted octanol–water partition coefficient (Wildman–Crippen LogP) is 0.596. The second kappa shape index (κ2) is 10.5. The van der Waals surface area contributed by atoms with Crippen molar-refractivity contribution in [1.29, 1.82) is 0 Å². The van der Waals surface area contributed by atoms with E-state index in [2.05, 4.69) is 10.2 Å². The highest BCUT2D eigenvalue weighted by Crippen LogP contribution is 2.35. The molecule has 168 valence electrons. The number of nitro groups is 1. The molecule has 0 bridgehead atoms. The Kier molecular flexibility index (Phi) is 8.38. The van der Waals surface area contributed by atoms with Crippen LogP contribution in [-0.2, 0) is 19.6 Å². The minimum Gasteiger partial charge on any atom is -0.495 e. The lowest BCUT2D eigenvalue weighted by Crippen LogP contribution is -2.51. The Morgan fingerprint density at radius 3 is 2.60 bits per heavy atom. The maximum atomic E-state index is 12.9. The van der Waals surface area contributed by atoms with Gasteiger partial charge in [0.15, 0.2) is 0 Å². The Hall–Kier alpha value is -2.44. The van der Waals surface area contributed by atoms with E-state index in [-0.39, 0.29) is 23.5 Å². The lowest BCUT2D eigenvalue weighted by Gasteiger charge is -2.31. The number of ether oxygens (including phenoxy) is 2. The highest BCUT2D eigenvalue weighted by molar-refractivity contribution is 7.92. The van der Waals surface area contributed by atoms with Gasteiger partial charge in [0, 0.05) is 38.3 Å². The number of benzene rings is 1. The van der Waals surface area contributed by atoms with Gasteiger partial charge in [-0.1, -0.05) is 6.92 Å². The van der Waals surface area contributed by atoms with Crippen LogP contribution in [0.2, 0.25) is 0 Å². The van der Waals surface area contributed by atoms with E-state index in [4.69, 9.17) is 9.47 Å². The van der Waals surface area contributed by atoms with Crippen LogP contribution in [0.1, 0.15) is 13.3 Å². The highest BCUT2D eigenvalue weighted by Gasteiger charge is 2.34. The van der Waals surface area contributed by atoms with Gasteiger partial charge >= 0.3 is 0 Å². The number of rotatable bonds is 10. The lowest BCUT2D eigenvalue weighted by molar-refractivity contribution is -0.384. The number of nitro benzene ring substituents is 1. The first-order chi connectivity index (χ1) is 14.2. The SMILES string of the molecule is CCC(C(=O)NCCN1CCOCC1)N(c1cc([N+](=O)[O-])ccc1OC)S(C)(=O)=O. The summed E-state index contributed by atoms with van der Waals surface area (Å²) in [6.07, 6.45) is 1.12. The van der Waals surface area contributed by atoms with Gasteiger partial charge in [-0.05, 0) is 12.5 Å². The monoisotopic (exact) mass is 444 g/mol. The van der Waals surface area contributed by atoms with Gasteiger partial charge in [-0.3, -0.25) is 24.1 Å². The van der Waals surface area contributed by atoms with Crippen LogP contribution in [0.4, 0.5) is 11.4 Å². The smallest absolute Gasteiger partial charge is 0.271 e. The van der Waals surface area contributed by atoms with Crippen LogP contribution in [0.15, 0.2) is 18.2 Å². The molecule has 1 atom stereocenters. The highest BCUT2D eigenvalue weighted by atomic mass is 32.2. The topological polar surface area (TPSA) is 131 Å². The van der Waals surface area contributed by atoms with Crippen LogP contribution >= 0.6 is 0 Å². The third kappa shape index (κ3) is 6.03. The molecule has 1 heterocycles. The molecular weight excluding hydrogens is 416 g/mol. The molecule has 30 heavy (non-hydrogen) atoms. The normalized spacial score (nSPS) is 16.0. The second-order valence-corrected chi connectivity index (χ2v) is 8.70. The van der Waals surface area contributed by atoms with E-state index in [1.165, 1.54) is 19.2 Å². The van der Waals surface area contributed by atoms with Crippen molar-refractivity contribution in [2.24, 2.45) is 0 Å². The fourth-order valence-corrected chi connectivity index (χ4v) is 4.49. The molecule has 1 amide bonds. The molecule has 1 aromatic carbocycles. The molecule has 1 unspecified atom stereocenters. The van der Waals surface area contributed by atoms with Gasteiger partial charge < -0.3 is 14.8 Å². The van der Waals surface area contributed by atoms with Crippen LogP contribution in [0.3, 0.4) is 0 Å². The Morgan fingerprint density at radius 2 is 2.07 bits per heavy atom. The van der Waals surface area contributed by atoms with Crippen molar-refractivity contribution in [3.63, 3.8) is 0 Å². The van der Waals surface area contributed by atoms with Crippen LogP contribution in [0.5, 0.6) is 5.75 Å². The van der Waals surface area contributed by atoms with Gasteiger partial charge in [0.1, 0.15) is 17.5 Å². The minimum atomic E-state index is -3.95. The fourth-order valence-electron chi connectivity index (χ4n) is 3.28. The van der Waals surface area contributed by atoms with E-state index >= 15 is 0 Å². The lowest BCUT2D eigenvalue weighted by atomic mass is 10.1. The summed E-state index contributed by atoms with van der Waals surface area (Å²) in [6, 6.07) is 2.55. The molecule has 0 radical (unpaired) electrons. The maximum absolute atomic E-state index is 12.9. The van der Waals surface area contributed by atoms with Crippen LogP contribution in [0, 0.1) is 10.1 Å². The van der Waals surface area contributed by atoms with Gasteiger partial charge in [-0.2, -0.15) is 0 Å². The van der Waals surface area contributed by atoms with Crippen molar-refractivity contribution in [1.82, 2.24) is 10.2 Å². The summed E-state index contributed by atoms with van der Waals surface area (Å²) in [5.41, 5.74) is -0.355. The summed E-state index contributed by atoms with van der Waals surface area (Å²) >= 11 is 0. The van der Waals surface area contributed by atoms with Crippen molar-refractivity contribution in [2.75, 3.05) is 57.1 Å². The molecule has 12 heteroatoms. The Morgan fingerprint density at radius 1 is 1.40 bits per heavy atom. The maximum Gasteiger partial charge on any atom is 0.271 e. The van der Waals surface area contributed by atoms with Gasteiger partial charge in [0.05, 0.1) is 31.5 Å². The summed E-state index contributed by atoms with van der Waals surface area (Å²) in [7, 11) is -2.62. The van der Waals surface area contributed by atoms with Crippen molar-refractivity contribution in [2.45, 2.75) is 19.4 Å². The third-order valence-corrected chi connectivity index (χ3v) is 5.94. The first-order valence-electron chi connectivity index (χ1n) is 9.58. The van der Waals surface area contributed by atoms with E-state index in [9.17, 15) is 23.3 Å². The zero-order valence-electron chi connectivity index (χ0n) is 17.4. The van der Waals surface area contributed by atoms with E-state index in [1.54, 1.807) is 6.92 Å². The zero-order valence-corrected chi connectivity index (χ0v) is 18.2. The number of carbonyl (C=O) groups is 1. The number of morpholine rings is 1. The van der Waals surface area contributed by atoms with Gasteiger partial charge in [-0.15, -0.1) is 0 Å². The van der Waals surface area contributed by atoms with Gasteiger partial charge in [0.25, 0.3) is 5.69 Å². The predicted molar refractivity (Wildman–Crippen MR) is 111 cm³/mol. The standard InChI is InChI=1S/C18H28N4O7S/c1-4-15(18(23)19-7-8-20-9-11-29-12-10-20)21(30(3,26)27)16-13-14(22(24)25)5-6-17(16)28-2/h5-6,13,15H,4,7-12H2,1-3H3,(H,19,23). The fraction of sp³-hybridized carbons (Fsp3) is 0.611. The van der Waals surface area contributed by atoms with Crippen LogP contribution in [-0.4, -0.2) is 82.9 Å². The van der Waals surface area contributed by atoms with E-state index < -0.39 is 26.9 Å². The average molecular weight is 445 g/mol. The summed E-state index contributed by atoms with van der Waals surface area (Å²) in [5.74, 6) is -0.365. The first-order valence-corrected chi connectivity index (χ1v) is 11.4. The number of amides is 1.